The Labute approximate surface area is 88.5 Å². The minimum Gasteiger partial charge on any atom is -0.508 e. The zero-order valence-corrected chi connectivity index (χ0v) is 9.47. The first kappa shape index (κ1) is 13.3. The van der Waals surface area contributed by atoms with Gasteiger partial charge >= 0.3 is 0 Å². The number of hydrogen-bond donors (Lipinski definition) is 1. The first-order valence-electron chi connectivity index (χ1n) is 5.82. The average Bonchev–Trinajstić information content (AvgIpc) is 2.21. The highest BCUT2D eigenvalue weighted by Crippen LogP contribution is 2.09. The number of unbranched alkanes of at least 4 members (excludes halogenated alkanes) is 7. The van der Waals surface area contributed by atoms with Crippen molar-refractivity contribution in [2.45, 2.75) is 58.3 Å². The zero-order valence-electron chi connectivity index (χ0n) is 9.47. The van der Waals surface area contributed by atoms with Crippen molar-refractivity contribution >= 4 is 0 Å². The largest absolute Gasteiger partial charge is 0.508 e. The molecule has 0 fully saturated rings. The highest BCUT2D eigenvalue weighted by Gasteiger charge is 1.90. The molecule has 0 aromatic rings. The van der Waals surface area contributed by atoms with Crippen LogP contribution in [0, 0.1) is 0 Å². The van der Waals surface area contributed by atoms with Gasteiger partial charge in [0, 0.05) is 0 Å². The molecule has 1 N–H and O–H groups in total. The summed E-state index contributed by atoms with van der Waals surface area (Å²) >= 11 is 0. The zero-order chi connectivity index (χ0) is 10.6. The van der Waals surface area contributed by atoms with Gasteiger partial charge in [0.25, 0.3) is 0 Å². The molecule has 0 aromatic heterocycles. The number of hydrogen-bond acceptors (Lipinski definition) is 1. The second kappa shape index (κ2) is 10.4. The van der Waals surface area contributed by atoms with Crippen LogP contribution in [-0.4, -0.2) is 5.11 Å². The Morgan fingerprint density at radius 1 is 1.07 bits per heavy atom. The Hall–Kier alpha value is -0.720. The summed E-state index contributed by atoms with van der Waals surface area (Å²) in [6.07, 6.45) is 13.5. The molecular formula is C13H24O. The van der Waals surface area contributed by atoms with Crippen molar-refractivity contribution in [3.05, 3.63) is 24.5 Å². The maximum absolute atomic E-state index is 9.07. The van der Waals surface area contributed by atoms with Crippen molar-refractivity contribution in [1.82, 2.24) is 0 Å². The highest BCUT2D eigenvalue weighted by atomic mass is 16.3. The SMILES string of the molecule is C=CC(O)=CCCCCCCCCC. The maximum atomic E-state index is 9.07. The van der Waals surface area contributed by atoms with Gasteiger partial charge in [-0.25, -0.2) is 0 Å². The van der Waals surface area contributed by atoms with E-state index in [-0.39, 0.29) is 0 Å². The summed E-state index contributed by atoms with van der Waals surface area (Å²) in [5, 5.41) is 9.07. The Morgan fingerprint density at radius 2 is 1.64 bits per heavy atom. The lowest BCUT2D eigenvalue weighted by atomic mass is 10.1. The van der Waals surface area contributed by atoms with E-state index in [1.54, 1.807) is 0 Å². The minimum atomic E-state index is 0.316. The van der Waals surface area contributed by atoms with E-state index in [2.05, 4.69) is 13.5 Å². The van der Waals surface area contributed by atoms with Crippen LogP contribution in [-0.2, 0) is 0 Å². The normalized spacial score (nSPS) is 11.6. The fraction of sp³-hybridized carbons (Fsp3) is 0.692. The van der Waals surface area contributed by atoms with Crippen molar-refractivity contribution in [2.75, 3.05) is 0 Å². The number of rotatable bonds is 9. The average molecular weight is 196 g/mol. The summed E-state index contributed by atoms with van der Waals surface area (Å²) in [4.78, 5) is 0. The number of aliphatic hydroxyl groups excluding tert-OH is 1. The molecule has 0 radical (unpaired) electrons. The monoisotopic (exact) mass is 196 g/mol. The third kappa shape index (κ3) is 9.37. The van der Waals surface area contributed by atoms with Crippen LogP contribution in [0.15, 0.2) is 24.5 Å². The van der Waals surface area contributed by atoms with Crippen LogP contribution in [0.2, 0.25) is 0 Å². The van der Waals surface area contributed by atoms with Crippen LogP contribution in [0.25, 0.3) is 0 Å². The highest BCUT2D eigenvalue weighted by molar-refractivity contribution is 5.05. The molecular weight excluding hydrogens is 172 g/mol. The fourth-order valence-corrected chi connectivity index (χ4v) is 1.43. The first-order chi connectivity index (χ1) is 6.81. The summed E-state index contributed by atoms with van der Waals surface area (Å²) < 4.78 is 0. The Balaban J connectivity index is 3.10. The van der Waals surface area contributed by atoms with Gasteiger partial charge in [0.2, 0.25) is 0 Å². The molecule has 0 saturated carbocycles. The van der Waals surface area contributed by atoms with Crippen molar-refractivity contribution < 1.29 is 5.11 Å². The van der Waals surface area contributed by atoms with Crippen LogP contribution in [0.5, 0.6) is 0 Å². The van der Waals surface area contributed by atoms with Gasteiger partial charge in [-0.05, 0) is 25.0 Å². The number of aliphatic hydroxyl groups is 1. The first-order valence-corrected chi connectivity index (χ1v) is 5.82. The van der Waals surface area contributed by atoms with Gasteiger partial charge in [-0.15, -0.1) is 0 Å². The third-order valence-corrected chi connectivity index (χ3v) is 2.37. The van der Waals surface area contributed by atoms with Crippen LogP contribution in [0.3, 0.4) is 0 Å². The molecule has 0 saturated heterocycles. The summed E-state index contributed by atoms with van der Waals surface area (Å²) in [5.74, 6) is 0.316. The summed E-state index contributed by atoms with van der Waals surface area (Å²) in [5.41, 5.74) is 0. The van der Waals surface area contributed by atoms with Crippen molar-refractivity contribution in [1.29, 1.82) is 0 Å². The Kier molecular flexibility index (Phi) is 9.83. The lowest BCUT2D eigenvalue weighted by Gasteiger charge is -1.99. The molecule has 14 heavy (non-hydrogen) atoms. The van der Waals surface area contributed by atoms with Gasteiger partial charge in [0.05, 0.1) is 0 Å². The second-order valence-electron chi connectivity index (χ2n) is 3.74. The molecule has 0 unspecified atom stereocenters. The van der Waals surface area contributed by atoms with E-state index in [0.29, 0.717) is 5.76 Å². The summed E-state index contributed by atoms with van der Waals surface area (Å²) in [6, 6.07) is 0. The second-order valence-corrected chi connectivity index (χ2v) is 3.74. The molecule has 0 heterocycles. The molecule has 0 aliphatic carbocycles. The van der Waals surface area contributed by atoms with Crippen molar-refractivity contribution in [2.24, 2.45) is 0 Å². The third-order valence-electron chi connectivity index (χ3n) is 2.37. The van der Waals surface area contributed by atoms with E-state index >= 15 is 0 Å². The fourth-order valence-electron chi connectivity index (χ4n) is 1.43. The van der Waals surface area contributed by atoms with Crippen molar-refractivity contribution in [3.8, 4) is 0 Å². The van der Waals surface area contributed by atoms with Crippen LogP contribution in [0.4, 0.5) is 0 Å². The summed E-state index contributed by atoms with van der Waals surface area (Å²) in [6.45, 7) is 5.73. The maximum Gasteiger partial charge on any atom is 0.111 e. The molecule has 1 heteroatoms. The molecule has 0 aliphatic rings. The quantitative estimate of drug-likeness (QED) is 0.320. The molecule has 0 aromatic carbocycles. The summed E-state index contributed by atoms with van der Waals surface area (Å²) in [7, 11) is 0. The topological polar surface area (TPSA) is 20.2 Å². The number of allylic oxidation sites excluding steroid dienone is 2. The van der Waals surface area contributed by atoms with E-state index < -0.39 is 0 Å². The molecule has 0 amide bonds. The van der Waals surface area contributed by atoms with E-state index in [9.17, 15) is 0 Å². The molecule has 0 rings (SSSR count). The van der Waals surface area contributed by atoms with E-state index in [0.717, 1.165) is 6.42 Å². The van der Waals surface area contributed by atoms with Gasteiger partial charge in [-0.2, -0.15) is 0 Å². The van der Waals surface area contributed by atoms with Gasteiger partial charge in [0.15, 0.2) is 0 Å². The smallest absolute Gasteiger partial charge is 0.111 e. The molecule has 82 valence electrons. The van der Waals surface area contributed by atoms with Crippen LogP contribution in [0.1, 0.15) is 58.3 Å². The molecule has 0 bridgehead atoms. The molecule has 0 atom stereocenters. The Morgan fingerprint density at radius 3 is 2.21 bits per heavy atom. The van der Waals surface area contributed by atoms with Crippen molar-refractivity contribution in [3.63, 3.8) is 0 Å². The van der Waals surface area contributed by atoms with Crippen LogP contribution < -0.4 is 0 Å². The Bertz CT molecular complexity index is 159. The van der Waals surface area contributed by atoms with Crippen LogP contribution >= 0.6 is 0 Å². The van der Waals surface area contributed by atoms with E-state index in [1.165, 1.54) is 51.0 Å². The lowest BCUT2D eigenvalue weighted by molar-refractivity contribution is 0.429. The molecule has 0 spiro atoms. The predicted octanol–water partition coefficient (Wildman–Crippen LogP) is 4.76. The van der Waals surface area contributed by atoms with E-state index in [1.807, 2.05) is 6.08 Å². The van der Waals surface area contributed by atoms with Gasteiger partial charge < -0.3 is 5.11 Å². The minimum absolute atomic E-state index is 0.316. The van der Waals surface area contributed by atoms with Gasteiger partial charge in [-0.1, -0.05) is 52.0 Å². The van der Waals surface area contributed by atoms with Gasteiger partial charge in [-0.3, -0.25) is 0 Å². The van der Waals surface area contributed by atoms with Gasteiger partial charge in [0.1, 0.15) is 5.76 Å². The lowest BCUT2D eigenvalue weighted by Crippen LogP contribution is -1.80. The standard InChI is InChI=1S/C13H24O/c1-3-5-6-7-8-9-10-11-12-13(14)4-2/h4,12,14H,2-3,5-11H2,1H3. The molecule has 0 aliphatic heterocycles. The predicted molar refractivity (Wildman–Crippen MR) is 63.5 cm³/mol. The molecule has 1 nitrogen and oxygen atoms in total. The van der Waals surface area contributed by atoms with E-state index in [4.69, 9.17) is 5.11 Å².